The number of nitrogens with zero attached hydrogens (tertiary/aromatic N) is 1. The Kier molecular flexibility index (Phi) is 5.26. The molecule has 1 fully saturated rings. The van der Waals surface area contributed by atoms with Gasteiger partial charge in [0, 0.05) is 12.6 Å². The van der Waals surface area contributed by atoms with E-state index < -0.39 is 0 Å². The molecule has 0 aromatic heterocycles. The number of phenolic OH excluding ortho intramolecular Hbond substituents is 2. The summed E-state index contributed by atoms with van der Waals surface area (Å²) in [5.41, 5.74) is 6.95. The molecule has 4 nitrogen and oxygen atoms in total. The van der Waals surface area contributed by atoms with Crippen LogP contribution in [0.2, 0.25) is 0 Å². The van der Waals surface area contributed by atoms with Gasteiger partial charge in [0.15, 0.2) is 11.5 Å². The Bertz CT molecular complexity index is 436. The third-order valence-electron chi connectivity index (χ3n) is 4.47. The number of rotatable bonds is 5. The van der Waals surface area contributed by atoms with Crippen molar-refractivity contribution in [2.24, 2.45) is 11.7 Å². The third kappa shape index (κ3) is 3.44. The molecule has 2 atom stereocenters. The molecule has 1 aromatic carbocycles. The van der Waals surface area contributed by atoms with Crippen LogP contribution in [0, 0.1) is 5.92 Å². The molecule has 0 amide bonds. The fourth-order valence-corrected chi connectivity index (χ4v) is 3.31. The first kappa shape index (κ1) is 15.1. The average Bonchev–Trinajstić information content (AvgIpc) is 2.48. The van der Waals surface area contributed by atoms with Gasteiger partial charge in [-0.2, -0.15) is 0 Å². The smallest absolute Gasteiger partial charge is 0.157 e. The van der Waals surface area contributed by atoms with Crippen LogP contribution in [0.5, 0.6) is 11.5 Å². The van der Waals surface area contributed by atoms with Gasteiger partial charge in [-0.15, -0.1) is 0 Å². The minimum absolute atomic E-state index is 0.0439. The molecule has 0 spiro atoms. The summed E-state index contributed by atoms with van der Waals surface area (Å²) in [5, 5.41) is 19.0. The number of phenols is 2. The summed E-state index contributed by atoms with van der Waals surface area (Å²) in [7, 11) is 0. The molecule has 1 aliphatic carbocycles. The highest BCUT2D eigenvalue weighted by atomic mass is 16.3. The van der Waals surface area contributed by atoms with Gasteiger partial charge < -0.3 is 15.9 Å². The van der Waals surface area contributed by atoms with Gasteiger partial charge in [-0.1, -0.05) is 25.8 Å². The van der Waals surface area contributed by atoms with Crippen LogP contribution in [-0.4, -0.2) is 34.2 Å². The largest absolute Gasteiger partial charge is 0.504 e. The van der Waals surface area contributed by atoms with Crippen LogP contribution in [0.4, 0.5) is 0 Å². The lowest BCUT2D eigenvalue weighted by atomic mass is 9.83. The van der Waals surface area contributed by atoms with Crippen molar-refractivity contribution in [2.45, 2.75) is 45.2 Å². The zero-order valence-electron chi connectivity index (χ0n) is 12.3. The maximum atomic E-state index is 9.61. The van der Waals surface area contributed by atoms with Crippen LogP contribution in [-0.2, 0) is 6.54 Å². The van der Waals surface area contributed by atoms with E-state index in [1.807, 2.05) is 6.07 Å². The Morgan fingerprint density at radius 1 is 1.20 bits per heavy atom. The topological polar surface area (TPSA) is 69.7 Å². The van der Waals surface area contributed by atoms with E-state index in [1.54, 1.807) is 12.1 Å². The molecule has 2 unspecified atom stereocenters. The summed E-state index contributed by atoms with van der Waals surface area (Å²) >= 11 is 0. The molecule has 0 saturated heterocycles. The van der Waals surface area contributed by atoms with E-state index in [4.69, 9.17) is 5.73 Å². The monoisotopic (exact) mass is 278 g/mol. The van der Waals surface area contributed by atoms with Crippen molar-refractivity contribution in [2.75, 3.05) is 13.1 Å². The maximum absolute atomic E-state index is 9.61. The molecular formula is C16H26N2O2. The van der Waals surface area contributed by atoms with Gasteiger partial charge in [-0.25, -0.2) is 0 Å². The lowest BCUT2D eigenvalue weighted by Crippen LogP contribution is -2.44. The standard InChI is InChI=1S/C16H26N2O2/c1-2-18(14-6-4-3-5-13(14)10-17)11-12-7-8-15(19)16(20)9-12/h7-9,13-14,19-20H,2-6,10-11,17H2,1H3. The van der Waals surface area contributed by atoms with E-state index in [1.165, 1.54) is 25.7 Å². The number of hydrogen-bond donors (Lipinski definition) is 3. The van der Waals surface area contributed by atoms with Crippen LogP contribution in [0.15, 0.2) is 18.2 Å². The van der Waals surface area contributed by atoms with E-state index >= 15 is 0 Å². The lowest BCUT2D eigenvalue weighted by Gasteiger charge is -2.39. The van der Waals surface area contributed by atoms with Crippen molar-refractivity contribution in [3.8, 4) is 11.5 Å². The Labute approximate surface area is 121 Å². The van der Waals surface area contributed by atoms with Gasteiger partial charge in [-0.05, 0) is 49.5 Å². The summed E-state index contributed by atoms with van der Waals surface area (Å²) in [4.78, 5) is 2.45. The number of aromatic hydroxyl groups is 2. The molecule has 0 heterocycles. The van der Waals surface area contributed by atoms with E-state index in [0.717, 1.165) is 25.2 Å². The molecule has 0 radical (unpaired) electrons. The quantitative estimate of drug-likeness (QED) is 0.724. The van der Waals surface area contributed by atoms with Gasteiger partial charge in [0.2, 0.25) is 0 Å². The highest BCUT2D eigenvalue weighted by Crippen LogP contribution is 2.30. The Morgan fingerprint density at radius 3 is 2.60 bits per heavy atom. The van der Waals surface area contributed by atoms with E-state index in [-0.39, 0.29) is 11.5 Å². The number of benzene rings is 1. The molecule has 4 N–H and O–H groups in total. The summed E-state index contributed by atoms with van der Waals surface area (Å²) in [6.45, 7) is 4.69. The minimum Gasteiger partial charge on any atom is -0.504 e. The predicted octanol–water partition coefficient (Wildman–Crippen LogP) is 2.44. The second-order valence-corrected chi connectivity index (χ2v) is 5.73. The SMILES string of the molecule is CCN(Cc1ccc(O)c(O)c1)C1CCCCC1CN. The number of hydrogen-bond acceptors (Lipinski definition) is 4. The molecule has 20 heavy (non-hydrogen) atoms. The van der Waals surface area contributed by atoms with Crippen molar-refractivity contribution in [3.63, 3.8) is 0 Å². The highest BCUT2D eigenvalue weighted by Gasteiger charge is 2.28. The first-order valence-corrected chi connectivity index (χ1v) is 7.60. The Balaban J connectivity index is 2.09. The molecule has 0 aliphatic heterocycles. The third-order valence-corrected chi connectivity index (χ3v) is 4.47. The summed E-state index contributed by atoms with van der Waals surface area (Å²) in [5.74, 6) is 0.473. The van der Waals surface area contributed by atoms with E-state index in [2.05, 4.69) is 11.8 Å². The molecular weight excluding hydrogens is 252 g/mol. The van der Waals surface area contributed by atoms with Crippen LogP contribution in [0.3, 0.4) is 0 Å². The summed E-state index contributed by atoms with van der Waals surface area (Å²) in [6, 6.07) is 5.62. The van der Waals surface area contributed by atoms with Crippen molar-refractivity contribution >= 4 is 0 Å². The molecule has 1 saturated carbocycles. The normalized spacial score (nSPS) is 23.1. The van der Waals surface area contributed by atoms with Gasteiger partial charge in [0.05, 0.1) is 0 Å². The summed E-state index contributed by atoms with van der Waals surface area (Å²) < 4.78 is 0. The average molecular weight is 278 g/mol. The van der Waals surface area contributed by atoms with E-state index in [9.17, 15) is 10.2 Å². The first-order chi connectivity index (χ1) is 9.65. The van der Waals surface area contributed by atoms with Gasteiger partial charge in [0.25, 0.3) is 0 Å². The van der Waals surface area contributed by atoms with Crippen molar-refractivity contribution in [3.05, 3.63) is 23.8 Å². The van der Waals surface area contributed by atoms with Crippen molar-refractivity contribution in [1.29, 1.82) is 0 Å². The predicted molar refractivity (Wildman–Crippen MR) is 80.7 cm³/mol. The van der Waals surface area contributed by atoms with Gasteiger partial charge in [0.1, 0.15) is 0 Å². The van der Waals surface area contributed by atoms with Crippen LogP contribution in [0.1, 0.15) is 38.2 Å². The fraction of sp³-hybridized carbons (Fsp3) is 0.625. The zero-order valence-corrected chi connectivity index (χ0v) is 12.3. The molecule has 0 bridgehead atoms. The second-order valence-electron chi connectivity index (χ2n) is 5.73. The van der Waals surface area contributed by atoms with E-state index in [0.29, 0.717) is 12.0 Å². The highest BCUT2D eigenvalue weighted by molar-refractivity contribution is 5.40. The lowest BCUT2D eigenvalue weighted by molar-refractivity contribution is 0.105. The number of nitrogens with two attached hydrogens (primary N) is 1. The van der Waals surface area contributed by atoms with Gasteiger partial charge >= 0.3 is 0 Å². The van der Waals surface area contributed by atoms with Gasteiger partial charge in [-0.3, -0.25) is 4.90 Å². The Morgan fingerprint density at radius 2 is 1.95 bits per heavy atom. The van der Waals surface area contributed by atoms with Crippen LogP contribution < -0.4 is 5.73 Å². The Hall–Kier alpha value is -1.26. The second kappa shape index (κ2) is 6.95. The molecule has 1 aromatic rings. The van der Waals surface area contributed by atoms with Crippen LogP contribution in [0.25, 0.3) is 0 Å². The molecule has 2 rings (SSSR count). The first-order valence-electron chi connectivity index (χ1n) is 7.60. The van der Waals surface area contributed by atoms with Crippen molar-refractivity contribution in [1.82, 2.24) is 4.90 Å². The van der Waals surface area contributed by atoms with Crippen LogP contribution >= 0.6 is 0 Å². The molecule has 4 heteroatoms. The maximum Gasteiger partial charge on any atom is 0.157 e. The van der Waals surface area contributed by atoms with Crippen molar-refractivity contribution < 1.29 is 10.2 Å². The molecule has 112 valence electrons. The fourth-order valence-electron chi connectivity index (χ4n) is 3.31. The molecule has 1 aliphatic rings. The minimum atomic E-state index is -0.0608. The zero-order chi connectivity index (χ0) is 14.5. The summed E-state index contributed by atoms with van der Waals surface area (Å²) in [6.07, 6.45) is 4.99.